The van der Waals surface area contributed by atoms with Crippen LogP contribution in [0.3, 0.4) is 0 Å². The fourth-order valence-electron chi connectivity index (χ4n) is 2.08. The first kappa shape index (κ1) is 15.8. The Kier molecular flexibility index (Phi) is 5.56. The highest BCUT2D eigenvalue weighted by Crippen LogP contribution is 2.30. The molecule has 0 unspecified atom stereocenters. The van der Waals surface area contributed by atoms with Gasteiger partial charge < -0.3 is 10.1 Å². The number of rotatable bonds is 6. The van der Waals surface area contributed by atoms with Gasteiger partial charge in [-0.05, 0) is 31.5 Å². The van der Waals surface area contributed by atoms with E-state index in [9.17, 15) is 0 Å². The average Bonchev–Trinajstić information content (AvgIpc) is 2.48. The number of benzene rings is 1. The number of hydrogen-bond donors (Lipinski definition) is 1. The number of hydrogen-bond acceptors (Lipinski definition) is 4. The van der Waals surface area contributed by atoms with Gasteiger partial charge in [0.05, 0.1) is 7.11 Å². The Morgan fingerprint density at radius 2 is 2.00 bits per heavy atom. The van der Waals surface area contributed by atoms with Gasteiger partial charge in [0, 0.05) is 28.3 Å². The third-order valence-electron chi connectivity index (χ3n) is 3.06. The van der Waals surface area contributed by atoms with Crippen molar-refractivity contribution >= 4 is 21.7 Å². The molecule has 1 aromatic heterocycles. The monoisotopic (exact) mass is 349 g/mol. The molecule has 5 heteroatoms. The number of anilines is 1. The molecule has 1 aromatic carbocycles. The van der Waals surface area contributed by atoms with Crippen molar-refractivity contribution in [2.24, 2.45) is 0 Å². The fourth-order valence-corrected chi connectivity index (χ4v) is 2.50. The standard InChI is InChI=1S/C16H20BrN3O/c1-4-6-11-9-15(18-5-2)20-16(19-11)13-10-12(21-3)7-8-14(13)17/h7-10H,4-6H2,1-3H3,(H,18,19,20). The van der Waals surface area contributed by atoms with Crippen LogP contribution in [0, 0.1) is 0 Å². The summed E-state index contributed by atoms with van der Waals surface area (Å²) < 4.78 is 6.25. The van der Waals surface area contributed by atoms with Crippen molar-refractivity contribution in [1.29, 1.82) is 0 Å². The molecule has 0 saturated carbocycles. The van der Waals surface area contributed by atoms with Gasteiger partial charge in [-0.3, -0.25) is 0 Å². The Morgan fingerprint density at radius 1 is 1.19 bits per heavy atom. The molecule has 0 aliphatic heterocycles. The SMILES string of the molecule is CCCc1cc(NCC)nc(-c2cc(OC)ccc2Br)n1. The van der Waals surface area contributed by atoms with E-state index in [1.54, 1.807) is 7.11 Å². The highest BCUT2D eigenvalue weighted by atomic mass is 79.9. The molecule has 2 rings (SSSR count). The molecule has 1 heterocycles. The third kappa shape index (κ3) is 3.94. The predicted molar refractivity (Wildman–Crippen MR) is 89.9 cm³/mol. The summed E-state index contributed by atoms with van der Waals surface area (Å²) in [6.07, 6.45) is 2.00. The smallest absolute Gasteiger partial charge is 0.163 e. The fraction of sp³-hybridized carbons (Fsp3) is 0.375. The molecule has 0 amide bonds. The van der Waals surface area contributed by atoms with E-state index in [-0.39, 0.29) is 0 Å². The van der Waals surface area contributed by atoms with Crippen molar-refractivity contribution in [1.82, 2.24) is 9.97 Å². The third-order valence-corrected chi connectivity index (χ3v) is 3.75. The Labute approximate surface area is 134 Å². The molecule has 4 nitrogen and oxygen atoms in total. The van der Waals surface area contributed by atoms with E-state index in [0.717, 1.165) is 46.7 Å². The topological polar surface area (TPSA) is 47.0 Å². The van der Waals surface area contributed by atoms with E-state index in [4.69, 9.17) is 4.74 Å². The molecule has 0 aliphatic carbocycles. The van der Waals surface area contributed by atoms with Gasteiger partial charge in [-0.25, -0.2) is 9.97 Å². The summed E-state index contributed by atoms with van der Waals surface area (Å²) in [5, 5.41) is 3.27. The van der Waals surface area contributed by atoms with Crippen LogP contribution < -0.4 is 10.1 Å². The van der Waals surface area contributed by atoms with Crippen LogP contribution in [0.5, 0.6) is 5.75 Å². The van der Waals surface area contributed by atoms with Gasteiger partial charge in [0.2, 0.25) is 0 Å². The van der Waals surface area contributed by atoms with Crippen molar-refractivity contribution in [3.8, 4) is 17.1 Å². The highest BCUT2D eigenvalue weighted by Gasteiger charge is 2.11. The molecule has 0 spiro atoms. The predicted octanol–water partition coefficient (Wildman–Crippen LogP) is 4.30. The van der Waals surface area contributed by atoms with Crippen molar-refractivity contribution in [3.63, 3.8) is 0 Å². The van der Waals surface area contributed by atoms with Crippen LogP contribution in [0.2, 0.25) is 0 Å². The number of nitrogens with zero attached hydrogens (tertiary/aromatic N) is 2. The zero-order chi connectivity index (χ0) is 15.2. The second-order valence-electron chi connectivity index (χ2n) is 4.69. The number of ether oxygens (including phenoxy) is 1. The highest BCUT2D eigenvalue weighted by molar-refractivity contribution is 9.10. The lowest BCUT2D eigenvalue weighted by Gasteiger charge is -2.11. The van der Waals surface area contributed by atoms with Gasteiger partial charge in [0.1, 0.15) is 11.6 Å². The lowest BCUT2D eigenvalue weighted by atomic mass is 10.2. The van der Waals surface area contributed by atoms with Crippen LogP contribution in [0.1, 0.15) is 26.0 Å². The summed E-state index contributed by atoms with van der Waals surface area (Å²) in [6.45, 7) is 5.04. The summed E-state index contributed by atoms with van der Waals surface area (Å²) in [5.74, 6) is 2.37. The minimum absolute atomic E-state index is 0.711. The Morgan fingerprint density at radius 3 is 2.67 bits per heavy atom. The van der Waals surface area contributed by atoms with E-state index in [1.165, 1.54) is 0 Å². The largest absolute Gasteiger partial charge is 0.497 e. The second-order valence-corrected chi connectivity index (χ2v) is 5.55. The molecule has 1 N–H and O–H groups in total. The van der Waals surface area contributed by atoms with Crippen LogP contribution >= 0.6 is 15.9 Å². The first-order valence-corrected chi connectivity index (χ1v) is 7.93. The lowest BCUT2D eigenvalue weighted by Crippen LogP contribution is -2.04. The van der Waals surface area contributed by atoms with Crippen LogP contribution in [-0.4, -0.2) is 23.6 Å². The number of methoxy groups -OCH3 is 1. The van der Waals surface area contributed by atoms with Crippen LogP contribution in [0.25, 0.3) is 11.4 Å². The molecule has 0 saturated heterocycles. The van der Waals surface area contributed by atoms with E-state index in [1.807, 2.05) is 24.3 Å². The van der Waals surface area contributed by atoms with Gasteiger partial charge in [0.25, 0.3) is 0 Å². The van der Waals surface area contributed by atoms with Gasteiger partial charge in [0.15, 0.2) is 5.82 Å². The summed E-state index contributed by atoms with van der Waals surface area (Å²) in [6, 6.07) is 7.83. The average molecular weight is 350 g/mol. The van der Waals surface area contributed by atoms with Gasteiger partial charge in [-0.15, -0.1) is 0 Å². The Balaban J connectivity index is 2.50. The lowest BCUT2D eigenvalue weighted by molar-refractivity contribution is 0.415. The first-order chi connectivity index (χ1) is 10.2. The number of halogens is 1. The maximum Gasteiger partial charge on any atom is 0.163 e. The molecule has 0 radical (unpaired) electrons. The molecular weight excluding hydrogens is 330 g/mol. The minimum Gasteiger partial charge on any atom is -0.497 e. The van der Waals surface area contributed by atoms with E-state index in [2.05, 4.69) is 45.1 Å². The van der Waals surface area contributed by atoms with Crippen LogP contribution in [-0.2, 0) is 6.42 Å². The Hall–Kier alpha value is -1.62. The van der Waals surface area contributed by atoms with E-state index >= 15 is 0 Å². The molecular formula is C16H20BrN3O. The summed E-state index contributed by atoms with van der Waals surface area (Å²) in [7, 11) is 1.66. The maximum absolute atomic E-state index is 5.29. The van der Waals surface area contributed by atoms with Crippen molar-refractivity contribution in [2.45, 2.75) is 26.7 Å². The first-order valence-electron chi connectivity index (χ1n) is 7.13. The van der Waals surface area contributed by atoms with Crippen LogP contribution in [0.4, 0.5) is 5.82 Å². The number of nitrogens with one attached hydrogen (secondary N) is 1. The molecule has 0 atom stereocenters. The number of aromatic nitrogens is 2. The van der Waals surface area contributed by atoms with E-state index < -0.39 is 0 Å². The summed E-state index contributed by atoms with van der Waals surface area (Å²) >= 11 is 3.57. The summed E-state index contributed by atoms with van der Waals surface area (Å²) in [5.41, 5.74) is 1.99. The molecule has 0 aliphatic rings. The zero-order valence-electron chi connectivity index (χ0n) is 12.6. The van der Waals surface area contributed by atoms with Gasteiger partial charge in [-0.2, -0.15) is 0 Å². The molecule has 2 aromatic rings. The Bertz CT molecular complexity index is 592. The maximum atomic E-state index is 5.29. The molecule has 21 heavy (non-hydrogen) atoms. The minimum atomic E-state index is 0.711. The van der Waals surface area contributed by atoms with Crippen LogP contribution in [0.15, 0.2) is 28.7 Å². The van der Waals surface area contributed by atoms with Crippen molar-refractivity contribution < 1.29 is 4.74 Å². The number of aryl methyl sites for hydroxylation is 1. The van der Waals surface area contributed by atoms with Crippen molar-refractivity contribution in [3.05, 3.63) is 34.4 Å². The van der Waals surface area contributed by atoms with E-state index in [0.29, 0.717) is 5.82 Å². The zero-order valence-corrected chi connectivity index (χ0v) is 14.2. The quantitative estimate of drug-likeness (QED) is 0.844. The summed E-state index contributed by atoms with van der Waals surface area (Å²) in [4.78, 5) is 9.28. The van der Waals surface area contributed by atoms with Gasteiger partial charge in [-0.1, -0.05) is 29.3 Å². The molecule has 112 valence electrons. The molecule has 0 fully saturated rings. The van der Waals surface area contributed by atoms with Crippen molar-refractivity contribution in [2.75, 3.05) is 19.0 Å². The van der Waals surface area contributed by atoms with Gasteiger partial charge >= 0.3 is 0 Å². The second kappa shape index (κ2) is 7.41. The normalized spacial score (nSPS) is 10.5. The molecule has 0 bridgehead atoms.